The lowest BCUT2D eigenvalue weighted by Crippen LogP contribution is -2.41. The first-order valence-electron chi connectivity index (χ1n) is 10.2. The van der Waals surface area contributed by atoms with E-state index in [4.69, 9.17) is 21.7 Å². The fourth-order valence-corrected chi connectivity index (χ4v) is 2.66. The number of anilines is 2. The van der Waals surface area contributed by atoms with Gasteiger partial charge in [0.2, 0.25) is 0 Å². The minimum Gasteiger partial charge on any atom is -0.394 e. The van der Waals surface area contributed by atoms with Crippen LogP contribution >= 0.6 is 0 Å². The number of nitrogens with one attached hydrogen (secondary N) is 2. The Labute approximate surface area is 193 Å². The summed E-state index contributed by atoms with van der Waals surface area (Å²) >= 11 is 0. The van der Waals surface area contributed by atoms with Gasteiger partial charge in [-0.1, -0.05) is 0 Å². The molecule has 0 aliphatic heterocycles. The zero-order chi connectivity index (χ0) is 26.0. The normalized spacial score (nSPS) is 16.7. The van der Waals surface area contributed by atoms with E-state index in [-0.39, 0.29) is 19.4 Å². The number of nitrogens with zero attached hydrogens (tertiary/aromatic N) is 2. The van der Waals surface area contributed by atoms with E-state index in [1.54, 1.807) is 0 Å². The molecule has 1 aromatic heterocycles. The van der Waals surface area contributed by atoms with Gasteiger partial charge < -0.3 is 63.0 Å². The molecule has 0 aromatic carbocycles. The number of aliphatic hydroxyl groups is 8. The van der Waals surface area contributed by atoms with Gasteiger partial charge in [0.05, 0.1) is 43.7 Å². The van der Waals surface area contributed by atoms with Crippen LogP contribution < -0.4 is 22.1 Å². The molecule has 1 rings (SSSR count). The second kappa shape index (κ2) is 13.9. The van der Waals surface area contributed by atoms with E-state index >= 15 is 0 Å². The van der Waals surface area contributed by atoms with Crippen LogP contribution in [0.15, 0.2) is 0 Å². The average Bonchev–Trinajstić information content (AvgIpc) is 2.80. The van der Waals surface area contributed by atoms with Crippen molar-refractivity contribution in [2.75, 3.05) is 37.8 Å². The van der Waals surface area contributed by atoms with E-state index < -0.39 is 91.2 Å². The molecule has 0 saturated carbocycles. The van der Waals surface area contributed by atoms with Crippen LogP contribution in [0.25, 0.3) is 0 Å². The fourth-order valence-electron chi connectivity index (χ4n) is 2.66. The SMILES string of the molecule is Nc1nc(C(=O)NCC(O)[C@@H](O)CC(O)CO)c(N)nc1C(=O)NCC(O)C[C@H](O)[C@H](O)CO. The number of aromatic nitrogens is 2. The summed E-state index contributed by atoms with van der Waals surface area (Å²) in [7, 11) is 0. The van der Waals surface area contributed by atoms with Gasteiger partial charge in [0.1, 0.15) is 6.10 Å². The summed E-state index contributed by atoms with van der Waals surface area (Å²) in [4.78, 5) is 32.0. The zero-order valence-electron chi connectivity index (χ0n) is 18.2. The molecule has 16 nitrogen and oxygen atoms in total. The molecule has 6 atom stereocenters. The van der Waals surface area contributed by atoms with Crippen LogP contribution in [0.4, 0.5) is 11.6 Å². The number of rotatable bonds is 14. The quantitative estimate of drug-likeness (QED) is 0.115. The maximum Gasteiger partial charge on any atom is 0.273 e. The molecule has 0 saturated heterocycles. The predicted octanol–water partition coefficient (Wildman–Crippen LogP) is -5.97. The Bertz CT molecular complexity index is 816. The number of hydrogen-bond acceptors (Lipinski definition) is 14. The minimum absolute atomic E-state index is 0.331. The molecule has 0 bridgehead atoms. The lowest BCUT2D eigenvalue weighted by Gasteiger charge is -2.20. The summed E-state index contributed by atoms with van der Waals surface area (Å²) in [5, 5.41) is 79.5. The van der Waals surface area contributed by atoms with Crippen molar-refractivity contribution in [3.05, 3.63) is 11.4 Å². The fraction of sp³-hybridized carbons (Fsp3) is 0.667. The van der Waals surface area contributed by atoms with E-state index in [1.165, 1.54) is 0 Å². The number of nitrogen functional groups attached to an aromatic ring is 2. The highest BCUT2D eigenvalue weighted by Crippen LogP contribution is 2.14. The van der Waals surface area contributed by atoms with Crippen molar-refractivity contribution < 1.29 is 50.4 Å². The van der Waals surface area contributed by atoms with E-state index in [1.807, 2.05) is 0 Å². The molecule has 0 aliphatic carbocycles. The van der Waals surface area contributed by atoms with Crippen molar-refractivity contribution in [1.29, 1.82) is 0 Å². The van der Waals surface area contributed by atoms with Crippen molar-refractivity contribution in [2.24, 2.45) is 0 Å². The highest BCUT2D eigenvalue weighted by atomic mass is 16.4. The van der Waals surface area contributed by atoms with Gasteiger partial charge in [-0.2, -0.15) is 0 Å². The number of carbonyl (C=O) groups excluding carboxylic acids is 2. The first-order valence-corrected chi connectivity index (χ1v) is 10.2. The average molecular weight is 492 g/mol. The summed E-state index contributed by atoms with van der Waals surface area (Å²) in [6.45, 7) is -2.16. The molecule has 1 heterocycles. The molecule has 2 amide bonds. The van der Waals surface area contributed by atoms with Crippen LogP contribution in [0, 0.1) is 0 Å². The third kappa shape index (κ3) is 8.92. The van der Waals surface area contributed by atoms with Gasteiger partial charge in [-0.15, -0.1) is 0 Å². The highest BCUT2D eigenvalue weighted by Gasteiger charge is 2.24. The van der Waals surface area contributed by atoms with Gasteiger partial charge >= 0.3 is 0 Å². The van der Waals surface area contributed by atoms with Crippen LogP contribution in [0.1, 0.15) is 33.8 Å². The second-order valence-electron chi connectivity index (χ2n) is 7.52. The highest BCUT2D eigenvalue weighted by molar-refractivity contribution is 6.00. The molecule has 14 N–H and O–H groups in total. The molecule has 1 aromatic rings. The van der Waals surface area contributed by atoms with E-state index in [9.17, 15) is 40.2 Å². The van der Waals surface area contributed by atoms with Crippen LogP contribution in [0.2, 0.25) is 0 Å². The Morgan fingerprint density at radius 1 is 0.676 bits per heavy atom. The number of carbonyl (C=O) groups is 2. The number of nitrogens with two attached hydrogens (primary N) is 2. The van der Waals surface area contributed by atoms with Gasteiger partial charge in [-0.3, -0.25) is 9.59 Å². The van der Waals surface area contributed by atoms with Crippen LogP contribution in [0.3, 0.4) is 0 Å². The largest absolute Gasteiger partial charge is 0.394 e. The zero-order valence-corrected chi connectivity index (χ0v) is 18.2. The van der Waals surface area contributed by atoms with Gasteiger partial charge in [0, 0.05) is 25.9 Å². The Balaban J connectivity index is 2.71. The van der Waals surface area contributed by atoms with Crippen molar-refractivity contribution in [3.8, 4) is 0 Å². The maximum atomic E-state index is 12.3. The van der Waals surface area contributed by atoms with Gasteiger partial charge in [-0.25, -0.2) is 9.97 Å². The van der Waals surface area contributed by atoms with E-state index in [2.05, 4.69) is 20.6 Å². The van der Waals surface area contributed by atoms with Gasteiger partial charge in [0.25, 0.3) is 11.8 Å². The Morgan fingerprint density at radius 3 is 1.59 bits per heavy atom. The molecule has 0 spiro atoms. The molecular formula is C18H32N6O10. The monoisotopic (exact) mass is 492 g/mol. The standard InChI is InChI=1S/C18H32N6O10/c19-15-13(17(33)21-3-7(27)1-10(30)12(32)6-26)23-16(20)14(24-15)18(34)22-4-11(31)9(29)2-8(28)5-25/h7-12,25-32H,1-6H2,(H2,19,24)(H2,20,23)(H,21,33)(H,22,34)/t7?,8?,9-,10-,11?,12+/m0/s1. The molecule has 0 radical (unpaired) electrons. The van der Waals surface area contributed by atoms with E-state index in [0.717, 1.165) is 0 Å². The lowest BCUT2D eigenvalue weighted by atomic mass is 10.1. The van der Waals surface area contributed by atoms with Gasteiger partial charge in [-0.05, 0) is 0 Å². The Hall–Kier alpha value is -2.70. The number of amides is 2. The topological polar surface area (TPSA) is 298 Å². The molecule has 0 aliphatic rings. The third-order valence-corrected chi connectivity index (χ3v) is 4.66. The van der Waals surface area contributed by atoms with Gasteiger partial charge in [0.15, 0.2) is 23.0 Å². The third-order valence-electron chi connectivity index (χ3n) is 4.66. The predicted molar refractivity (Wildman–Crippen MR) is 115 cm³/mol. The summed E-state index contributed by atoms with van der Waals surface area (Å²) < 4.78 is 0. The molecule has 194 valence electrons. The van der Waals surface area contributed by atoms with Crippen LogP contribution in [0.5, 0.6) is 0 Å². The van der Waals surface area contributed by atoms with Crippen LogP contribution in [-0.2, 0) is 0 Å². The first-order chi connectivity index (χ1) is 15.9. The van der Waals surface area contributed by atoms with Crippen molar-refractivity contribution in [1.82, 2.24) is 20.6 Å². The number of aliphatic hydroxyl groups excluding tert-OH is 8. The van der Waals surface area contributed by atoms with Crippen LogP contribution in [-0.4, -0.2) is 126 Å². The minimum atomic E-state index is -1.48. The summed E-state index contributed by atoms with van der Waals surface area (Å²) in [5.41, 5.74) is 10.4. The van der Waals surface area contributed by atoms with Crippen molar-refractivity contribution in [2.45, 2.75) is 49.5 Å². The maximum absolute atomic E-state index is 12.3. The summed E-state index contributed by atoms with van der Waals surface area (Å²) in [5.74, 6) is -2.79. The summed E-state index contributed by atoms with van der Waals surface area (Å²) in [6, 6.07) is 0. The Morgan fingerprint density at radius 2 is 1.12 bits per heavy atom. The molecule has 3 unspecified atom stereocenters. The Kier molecular flexibility index (Phi) is 12.0. The smallest absolute Gasteiger partial charge is 0.273 e. The lowest BCUT2D eigenvalue weighted by molar-refractivity contribution is -0.0358. The molecule has 16 heteroatoms. The first kappa shape index (κ1) is 29.3. The molecule has 0 fully saturated rings. The van der Waals surface area contributed by atoms with Crippen molar-refractivity contribution >= 4 is 23.5 Å². The van der Waals surface area contributed by atoms with E-state index in [0.29, 0.717) is 0 Å². The molecular weight excluding hydrogens is 460 g/mol. The second-order valence-corrected chi connectivity index (χ2v) is 7.52. The summed E-state index contributed by atoms with van der Waals surface area (Å²) in [6.07, 6.45) is -9.01. The number of hydrogen-bond donors (Lipinski definition) is 12. The van der Waals surface area contributed by atoms with Crippen molar-refractivity contribution in [3.63, 3.8) is 0 Å². The molecule has 34 heavy (non-hydrogen) atoms.